The molecule has 0 amide bonds. The Bertz CT molecular complexity index is 445. The van der Waals surface area contributed by atoms with Gasteiger partial charge >= 0.3 is 0 Å². The average molecular weight is 277 g/mol. The number of hydrogen-bond acceptors (Lipinski definition) is 3. The molecule has 0 saturated carbocycles. The predicted octanol–water partition coefficient (Wildman–Crippen LogP) is 3.14. The van der Waals surface area contributed by atoms with Gasteiger partial charge in [0.2, 0.25) is 0 Å². The van der Waals surface area contributed by atoms with E-state index >= 15 is 0 Å². The normalized spacial score (nSPS) is 21.1. The van der Waals surface area contributed by atoms with Crippen molar-refractivity contribution in [1.29, 1.82) is 0 Å². The van der Waals surface area contributed by atoms with Crippen LogP contribution >= 0.6 is 0 Å². The van der Waals surface area contributed by atoms with Crippen molar-refractivity contribution in [3.05, 3.63) is 28.8 Å². The zero-order chi connectivity index (χ0) is 14.8. The lowest BCUT2D eigenvalue weighted by Gasteiger charge is -2.20. The van der Waals surface area contributed by atoms with Crippen molar-refractivity contribution in [2.75, 3.05) is 13.2 Å². The fourth-order valence-corrected chi connectivity index (χ4v) is 2.95. The summed E-state index contributed by atoms with van der Waals surface area (Å²) in [5.41, 5.74) is 9.28. The van der Waals surface area contributed by atoms with Crippen LogP contribution in [0.5, 0.6) is 5.75 Å². The molecule has 2 N–H and O–H groups in total. The summed E-state index contributed by atoms with van der Waals surface area (Å²) in [4.78, 5) is 0. The van der Waals surface area contributed by atoms with Crippen LogP contribution in [0.1, 0.15) is 43.4 Å². The summed E-state index contributed by atoms with van der Waals surface area (Å²) < 4.78 is 12.0. The van der Waals surface area contributed by atoms with Crippen molar-refractivity contribution in [1.82, 2.24) is 0 Å². The number of rotatable bonds is 5. The zero-order valence-electron chi connectivity index (χ0n) is 13.2. The van der Waals surface area contributed by atoms with Crippen molar-refractivity contribution in [3.63, 3.8) is 0 Å². The molecule has 1 aromatic rings. The SMILES string of the molecule is Cc1cc(CCN)cc(C)c1OCC1CCC(C)(C)O1. The van der Waals surface area contributed by atoms with Gasteiger partial charge in [-0.05, 0) is 70.2 Å². The summed E-state index contributed by atoms with van der Waals surface area (Å²) in [6.45, 7) is 9.81. The van der Waals surface area contributed by atoms with Gasteiger partial charge in [-0.2, -0.15) is 0 Å². The second kappa shape index (κ2) is 6.15. The zero-order valence-corrected chi connectivity index (χ0v) is 13.2. The Morgan fingerprint density at radius 3 is 2.45 bits per heavy atom. The summed E-state index contributed by atoms with van der Waals surface area (Å²) in [5.74, 6) is 0.999. The van der Waals surface area contributed by atoms with Gasteiger partial charge in [0.15, 0.2) is 0 Å². The largest absolute Gasteiger partial charge is 0.490 e. The monoisotopic (exact) mass is 277 g/mol. The minimum absolute atomic E-state index is 0.00307. The van der Waals surface area contributed by atoms with E-state index in [2.05, 4.69) is 39.8 Å². The van der Waals surface area contributed by atoms with Crippen molar-refractivity contribution < 1.29 is 9.47 Å². The molecule has 1 atom stereocenters. The predicted molar refractivity (Wildman–Crippen MR) is 82.4 cm³/mol. The van der Waals surface area contributed by atoms with Gasteiger partial charge in [0, 0.05) is 0 Å². The van der Waals surface area contributed by atoms with Gasteiger partial charge in [0.1, 0.15) is 12.4 Å². The van der Waals surface area contributed by atoms with Crippen LogP contribution in [0.25, 0.3) is 0 Å². The van der Waals surface area contributed by atoms with E-state index in [1.165, 1.54) is 16.7 Å². The van der Waals surface area contributed by atoms with E-state index in [0.29, 0.717) is 13.2 Å². The Hall–Kier alpha value is -1.06. The molecule has 1 saturated heterocycles. The van der Waals surface area contributed by atoms with Crippen LogP contribution < -0.4 is 10.5 Å². The molecule has 1 aromatic carbocycles. The summed E-state index contributed by atoms with van der Waals surface area (Å²) in [7, 11) is 0. The van der Waals surface area contributed by atoms with Crippen LogP contribution in [0.4, 0.5) is 0 Å². The first-order chi connectivity index (χ1) is 9.41. The summed E-state index contributed by atoms with van der Waals surface area (Å²) in [6, 6.07) is 4.35. The number of nitrogens with two attached hydrogens (primary N) is 1. The molecule has 1 aliphatic rings. The fraction of sp³-hybridized carbons (Fsp3) is 0.647. The van der Waals surface area contributed by atoms with Crippen molar-refractivity contribution in [2.24, 2.45) is 5.73 Å². The molecular formula is C17H27NO2. The standard InChI is InChI=1S/C17H27NO2/c1-12-9-14(6-8-18)10-13(2)16(12)19-11-15-5-7-17(3,4)20-15/h9-10,15H,5-8,11,18H2,1-4H3. The molecule has 2 rings (SSSR count). The fourth-order valence-electron chi connectivity index (χ4n) is 2.95. The molecular weight excluding hydrogens is 250 g/mol. The van der Waals surface area contributed by atoms with Gasteiger partial charge < -0.3 is 15.2 Å². The lowest BCUT2D eigenvalue weighted by molar-refractivity contribution is -0.0328. The van der Waals surface area contributed by atoms with Crippen LogP contribution in [0.15, 0.2) is 12.1 Å². The molecule has 0 aromatic heterocycles. The van der Waals surface area contributed by atoms with E-state index in [-0.39, 0.29) is 11.7 Å². The summed E-state index contributed by atoms with van der Waals surface area (Å²) >= 11 is 0. The highest BCUT2D eigenvalue weighted by molar-refractivity contribution is 5.43. The van der Waals surface area contributed by atoms with Gasteiger partial charge in [-0.15, -0.1) is 0 Å². The molecule has 1 unspecified atom stereocenters. The number of aryl methyl sites for hydroxylation is 2. The summed E-state index contributed by atoms with van der Waals surface area (Å²) in [6.07, 6.45) is 3.32. The molecule has 3 heteroatoms. The number of hydrogen-bond donors (Lipinski definition) is 1. The number of benzene rings is 1. The van der Waals surface area contributed by atoms with Crippen molar-refractivity contribution in [3.8, 4) is 5.75 Å². The van der Waals surface area contributed by atoms with Gasteiger partial charge in [-0.1, -0.05) is 12.1 Å². The Labute approximate surface area is 122 Å². The van der Waals surface area contributed by atoms with Gasteiger partial charge in [-0.3, -0.25) is 0 Å². The van der Waals surface area contributed by atoms with Crippen molar-refractivity contribution in [2.45, 2.75) is 58.7 Å². The molecule has 1 aliphatic heterocycles. The molecule has 0 bridgehead atoms. The lowest BCUT2D eigenvalue weighted by Crippen LogP contribution is -2.24. The Balaban J connectivity index is 1.99. The van der Waals surface area contributed by atoms with E-state index in [1.807, 2.05) is 0 Å². The second-order valence-electron chi connectivity index (χ2n) is 6.45. The molecule has 1 fully saturated rings. The molecule has 20 heavy (non-hydrogen) atoms. The van der Waals surface area contributed by atoms with Crippen LogP contribution in [0.2, 0.25) is 0 Å². The first-order valence-electron chi connectivity index (χ1n) is 7.52. The van der Waals surface area contributed by atoms with E-state index in [0.717, 1.165) is 25.0 Å². The van der Waals surface area contributed by atoms with Crippen LogP contribution in [-0.4, -0.2) is 24.9 Å². The van der Waals surface area contributed by atoms with Gasteiger partial charge in [-0.25, -0.2) is 0 Å². The lowest BCUT2D eigenvalue weighted by atomic mass is 10.0. The van der Waals surface area contributed by atoms with Crippen LogP contribution in [0.3, 0.4) is 0 Å². The maximum atomic E-state index is 6.02. The number of ether oxygens (including phenoxy) is 2. The third-order valence-electron chi connectivity index (χ3n) is 3.92. The van der Waals surface area contributed by atoms with E-state index in [1.54, 1.807) is 0 Å². The highest BCUT2D eigenvalue weighted by atomic mass is 16.6. The second-order valence-corrected chi connectivity index (χ2v) is 6.45. The third-order valence-corrected chi connectivity index (χ3v) is 3.92. The quantitative estimate of drug-likeness (QED) is 0.899. The minimum Gasteiger partial charge on any atom is -0.490 e. The van der Waals surface area contributed by atoms with Gasteiger partial charge in [0.25, 0.3) is 0 Å². The Morgan fingerprint density at radius 1 is 1.30 bits per heavy atom. The summed E-state index contributed by atoms with van der Waals surface area (Å²) in [5, 5.41) is 0. The Kier molecular flexibility index (Phi) is 4.71. The first kappa shape index (κ1) is 15.3. The van der Waals surface area contributed by atoms with E-state index < -0.39 is 0 Å². The average Bonchev–Trinajstić information content (AvgIpc) is 2.68. The molecule has 3 nitrogen and oxygen atoms in total. The highest BCUT2D eigenvalue weighted by Crippen LogP contribution is 2.31. The van der Waals surface area contributed by atoms with E-state index in [9.17, 15) is 0 Å². The smallest absolute Gasteiger partial charge is 0.125 e. The van der Waals surface area contributed by atoms with Crippen LogP contribution in [-0.2, 0) is 11.2 Å². The Morgan fingerprint density at radius 2 is 1.95 bits per heavy atom. The minimum atomic E-state index is 0.00307. The van der Waals surface area contributed by atoms with Crippen LogP contribution in [0, 0.1) is 13.8 Å². The molecule has 0 radical (unpaired) electrons. The maximum Gasteiger partial charge on any atom is 0.125 e. The molecule has 1 heterocycles. The molecule has 112 valence electrons. The highest BCUT2D eigenvalue weighted by Gasteiger charge is 2.32. The third kappa shape index (κ3) is 3.74. The topological polar surface area (TPSA) is 44.5 Å². The van der Waals surface area contributed by atoms with Crippen molar-refractivity contribution >= 4 is 0 Å². The maximum absolute atomic E-state index is 6.02. The molecule has 0 spiro atoms. The first-order valence-corrected chi connectivity index (χ1v) is 7.52. The van der Waals surface area contributed by atoms with Gasteiger partial charge in [0.05, 0.1) is 11.7 Å². The molecule has 0 aliphatic carbocycles. The van der Waals surface area contributed by atoms with E-state index in [4.69, 9.17) is 15.2 Å².